The molecule has 0 saturated carbocycles. The zero-order chi connectivity index (χ0) is 22.7. The van der Waals surface area contributed by atoms with Gasteiger partial charge in [0.25, 0.3) is 11.8 Å². The van der Waals surface area contributed by atoms with Gasteiger partial charge in [0.05, 0.1) is 17.3 Å². The average molecular weight is 497 g/mol. The number of carbonyl (C=O) groups is 2. The van der Waals surface area contributed by atoms with Gasteiger partial charge in [0.15, 0.2) is 11.5 Å². The molecule has 0 unspecified atom stereocenters. The molecule has 4 rings (SSSR count). The predicted octanol–water partition coefficient (Wildman–Crippen LogP) is 4.64. The zero-order valence-electron chi connectivity index (χ0n) is 17.0. The van der Waals surface area contributed by atoms with Crippen LogP contribution in [0.15, 0.2) is 76.8 Å². The Kier molecular flexibility index (Phi) is 6.23. The number of nitrogens with one attached hydrogen (secondary N) is 1. The molecule has 2 amide bonds. The number of ether oxygens (including phenoxy) is 2. The number of anilines is 1. The van der Waals surface area contributed by atoms with Crippen LogP contribution in [0.2, 0.25) is 0 Å². The summed E-state index contributed by atoms with van der Waals surface area (Å²) in [6.07, 6.45) is 1.50. The molecule has 32 heavy (non-hydrogen) atoms. The van der Waals surface area contributed by atoms with E-state index >= 15 is 0 Å². The Morgan fingerprint density at radius 1 is 1.06 bits per heavy atom. The highest BCUT2D eigenvalue weighted by molar-refractivity contribution is 9.10. The van der Waals surface area contributed by atoms with Crippen molar-refractivity contribution in [3.05, 3.63) is 93.7 Å². The molecule has 1 aliphatic rings. The smallest absolute Gasteiger partial charge is 0.282 e. The summed E-state index contributed by atoms with van der Waals surface area (Å²) in [6.45, 7) is 0.211. The fraction of sp³-hybridized carbons (Fsp3) is 0.0833. The minimum absolute atomic E-state index is 0.00258. The summed E-state index contributed by atoms with van der Waals surface area (Å²) >= 11 is 3.46. The van der Waals surface area contributed by atoms with Crippen LogP contribution < -0.4 is 19.9 Å². The van der Waals surface area contributed by atoms with E-state index in [-0.39, 0.29) is 18.0 Å². The van der Waals surface area contributed by atoms with Gasteiger partial charge in [-0.05, 0) is 69.5 Å². The van der Waals surface area contributed by atoms with Gasteiger partial charge in [0.2, 0.25) is 0 Å². The number of hydrazine groups is 1. The van der Waals surface area contributed by atoms with Crippen molar-refractivity contribution >= 4 is 39.5 Å². The molecule has 3 aromatic carbocycles. The SMILES string of the molecule is COc1cc(C=C2C(=O)NN(c3ccccc3)C2=O)cc(Br)c1OCc1ccc(F)cc1. The molecule has 1 saturated heterocycles. The number of hydrogen-bond acceptors (Lipinski definition) is 4. The Bertz CT molecular complexity index is 1200. The number of para-hydroxylation sites is 1. The third kappa shape index (κ3) is 4.50. The topological polar surface area (TPSA) is 67.9 Å². The molecular weight excluding hydrogens is 479 g/mol. The van der Waals surface area contributed by atoms with Crippen molar-refractivity contribution < 1.29 is 23.5 Å². The van der Waals surface area contributed by atoms with Gasteiger partial charge in [-0.2, -0.15) is 0 Å². The van der Waals surface area contributed by atoms with Crippen LogP contribution in [-0.2, 0) is 16.2 Å². The third-order valence-corrected chi connectivity index (χ3v) is 5.35. The number of carbonyl (C=O) groups excluding carboxylic acids is 2. The Morgan fingerprint density at radius 2 is 1.78 bits per heavy atom. The predicted molar refractivity (Wildman–Crippen MR) is 121 cm³/mol. The maximum Gasteiger partial charge on any atom is 0.282 e. The highest BCUT2D eigenvalue weighted by Gasteiger charge is 2.34. The fourth-order valence-corrected chi connectivity index (χ4v) is 3.76. The Hall–Kier alpha value is -3.65. The first kappa shape index (κ1) is 21.6. The zero-order valence-corrected chi connectivity index (χ0v) is 18.6. The van der Waals surface area contributed by atoms with E-state index in [4.69, 9.17) is 9.47 Å². The highest BCUT2D eigenvalue weighted by Crippen LogP contribution is 2.38. The van der Waals surface area contributed by atoms with Gasteiger partial charge in [-0.1, -0.05) is 30.3 Å². The third-order valence-electron chi connectivity index (χ3n) is 4.77. The monoisotopic (exact) mass is 496 g/mol. The molecule has 0 bridgehead atoms. The minimum Gasteiger partial charge on any atom is -0.493 e. The van der Waals surface area contributed by atoms with E-state index in [1.807, 2.05) is 6.07 Å². The van der Waals surface area contributed by atoms with E-state index in [9.17, 15) is 14.0 Å². The quantitative estimate of drug-likeness (QED) is 0.398. The molecule has 162 valence electrons. The van der Waals surface area contributed by atoms with Gasteiger partial charge in [0.1, 0.15) is 18.0 Å². The lowest BCUT2D eigenvalue weighted by atomic mass is 10.1. The van der Waals surface area contributed by atoms with Crippen molar-refractivity contribution in [1.82, 2.24) is 5.43 Å². The van der Waals surface area contributed by atoms with Gasteiger partial charge in [-0.3, -0.25) is 15.0 Å². The van der Waals surface area contributed by atoms with E-state index in [0.29, 0.717) is 27.2 Å². The molecule has 1 N–H and O–H groups in total. The normalized spacial score (nSPS) is 14.6. The number of nitrogens with zero attached hydrogens (tertiary/aromatic N) is 1. The molecule has 0 atom stereocenters. The van der Waals surface area contributed by atoms with Crippen molar-refractivity contribution in [2.45, 2.75) is 6.61 Å². The summed E-state index contributed by atoms with van der Waals surface area (Å²) in [6, 6.07) is 18.2. The molecule has 1 aliphatic heterocycles. The maximum absolute atomic E-state index is 13.1. The minimum atomic E-state index is -0.495. The van der Waals surface area contributed by atoms with Crippen LogP contribution >= 0.6 is 15.9 Å². The summed E-state index contributed by atoms with van der Waals surface area (Å²) in [4.78, 5) is 25.2. The first-order valence-electron chi connectivity index (χ1n) is 9.63. The van der Waals surface area contributed by atoms with Gasteiger partial charge >= 0.3 is 0 Å². The lowest BCUT2D eigenvalue weighted by molar-refractivity contribution is -0.117. The molecule has 3 aromatic rings. The van der Waals surface area contributed by atoms with Gasteiger partial charge in [-0.15, -0.1) is 0 Å². The first-order chi connectivity index (χ1) is 15.5. The molecular formula is C24H18BrFN2O4. The van der Waals surface area contributed by atoms with E-state index in [2.05, 4.69) is 21.4 Å². The Morgan fingerprint density at radius 3 is 2.47 bits per heavy atom. The van der Waals surface area contributed by atoms with Crippen molar-refractivity contribution in [3.63, 3.8) is 0 Å². The summed E-state index contributed by atoms with van der Waals surface area (Å²) in [5, 5.41) is 1.21. The second-order valence-electron chi connectivity index (χ2n) is 6.92. The van der Waals surface area contributed by atoms with E-state index in [1.54, 1.807) is 48.5 Å². The standard InChI is InChI=1S/C24H18BrFN2O4/c1-31-21-13-16(12-20(25)22(21)32-14-15-7-9-17(26)10-8-15)11-19-23(29)27-28(24(19)30)18-5-3-2-4-6-18/h2-13H,14H2,1H3,(H,27,29). The lowest BCUT2D eigenvalue weighted by Gasteiger charge is -2.14. The molecule has 0 radical (unpaired) electrons. The Balaban J connectivity index is 1.58. The summed E-state index contributed by atoms with van der Waals surface area (Å²) in [5.41, 5.74) is 4.51. The largest absolute Gasteiger partial charge is 0.493 e. The molecule has 6 nitrogen and oxygen atoms in total. The second-order valence-corrected chi connectivity index (χ2v) is 7.78. The number of benzene rings is 3. The van der Waals surface area contributed by atoms with E-state index in [0.717, 1.165) is 5.56 Å². The summed E-state index contributed by atoms with van der Waals surface area (Å²) in [7, 11) is 1.49. The van der Waals surface area contributed by atoms with Gasteiger partial charge in [-0.25, -0.2) is 9.40 Å². The number of hydrogen-bond donors (Lipinski definition) is 1. The van der Waals surface area contributed by atoms with Crippen LogP contribution in [0.4, 0.5) is 10.1 Å². The Labute approximate surface area is 192 Å². The summed E-state index contributed by atoms with van der Waals surface area (Å²) < 4.78 is 25.0. The number of rotatable bonds is 6. The molecule has 1 heterocycles. The molecule has 0 aromatic heterocycles. The van der Waals surface area contributed by atoms with Crippen molar-refractivity contribution in [3.8, 4) is 11.5 Å². The number of methoxy groups -OCH3 is 1. The highest BCUT2D eigenvalue weighted by atomic mass is 79.9. The number of halogens is 2. The fourth-order valence-electron chi connectivity index (χ4n) is 3.18. The molecule has 1 fully saturated rings. The van der Waals surface area contributed by atoms with Crippen molar-refractivity contribution in [2.24, 2.45) is 0 Å². The van der Waals surface area contributed by atoms with Gasteiger partial charge in [0, 0.05) is 0 Å². The molecule has 0 aliphatic carbocycles. The van der Waals surface area contributed by atoms with Crippen LogP contribution in [0.25, 0.3) is 6.08 Å². The van der Waals surface area contributed by atoms with Crippen LogP contribution in [0, 0.1) is 5.82 Å². The van der Waals surface area contributed by atoms with Crippen LogP contribution in [0.3, 0.4) is 0 Å². The van der Waals surface area contributed by atoms with Crippen LogP contribution in [-0.4, -0.2) is 18.9 Å². The number of amides is 2. The van der Waals surface area contributed by atoms with E-state index < -0.39 is 11.8 Å². The lowest BCUT2D eigenvalue weighted by Crippen LogP contribution is -2.35. The van der Waals surface area contributed by atoms with Crippen molar-refractivity contribution in [1.29, 1.82) is 0 Å². The van der Waals surface area contributed by atoms with E-state index in [1.165, 1.54) is 30.3 Å². The van der Waals surface area contributed by atoms with Gasteiger partial charge < -0.3 is 9.47 Å². The first-order valence-corrected chi connectivity index (χ1v) is 10.4. The molecule has 8 heteroatoms. The summed E-state index contributed by atoms with van der Waals surface area (Å²) in [5.74, 6) is -0.397. The second kappa shape index (κ2) is 9.23. The maximum atomic E-state index is 13.1. The van der Waals surface area contributed by atoms with Crippen LogP contribution in [0.5, 0.6) is 11.5 Å². The van der Waals surface area contributed by atoms with Crippen molar-refractivity contribution in [2.75, 3.05) is 12.1 Å². The van der Waals surface area contributed by atoms with Crippen LogP contribution in [0.1, 0.15) is 11.1 Å². The average Bonchev–Trinajstić information content (AvgIpc) is 3.08. The molecule has 0 spiro atoms.